The van der Waals surface area contributed by atoms with Gasteiger partial charge in [-0.1, -0.05) is 6.42 Å². The molecule has 1 aliphatic heterocycles. The number of benzene rings is 1. The molecule has 3 heterocycles. The summed E-state index contributed by atoms with van der Waals surface area (Å²) in [4.78, 5) is 27.9. The zero-order valence-corrected chi connectivity index (χ0v) is 20.4. The first-order valence-electron chi connectivity index (χ1n) is 12.0. The smallest absolute Gasteiger partial charge is 0.251 e. The molecule has 34 heavy (non-hydrogen) atoms. The van der Waals surface area contributed by atoms with Gasteiger partial charge in [-0.05, 0) is 63.6 Å². The highest BCUT2D eigenvalue weighted by molar-refractivity contribution is 7.15. The molecule has 1 amide bonds. The Morgan fingerprint density at radius 3 is 2.74 bits per heavy atom. The second-order valence-corrected chi connectivity index (χ2v) is 10.2. The fourth-order valence-electron chi connectivity index (χ4n) is 4.18. The SMILES string of the molecule is Cc1cnc([C@@H](C)NC(=O)c2cc(OCC3CCCO3)cc(-c3ncc(C4CCC4)s3)c2)cn1. The third-order valence-corrected chi connectivity index (χ3v) is 7.71. The maximum Gasteiger partial charge on any atom is 0.251 e. The van der Waals surface area contributed by atoms with Gasteiger partial charge in [0.15, 0.2) is 0 Å². The van der Waals surface area contributed by atoms with Crippen molar-refractivity contribution in [2.75, 3.05) is 13.2 Å². The van der Waals surface area contributed by atoms with Gasteiger partial charge in [0.05, 0.1) is 29.7 Å². The number of ether oxygens (including phenoxy) is 2. The maximum atomic E-state index is 13.2. The first-order valence-corrected chi connectivity index (χ1v) is 12.8. The second-order valence-electron chi connectivity index (χ2n) is 9.17. The van der Waals surface area contributed by atoms with Gasteiger partial charge in [-0.3, -0.25) is 14.8 Å². The van der Waals surface area contributed by atoms with Crippen molar-refractivity contribution in [1.82, 2.24) is 20.3 Å². The summed E-state index contributed by atoms with van der Waals surface area (Å²) in [6.45, 7) is 5.05. The number of amides is 1. The molecular formula is C26H30N4O3S. The van der Waals surface area contributed by atoms with E-state index in [1.165, 1.54) is 24.1 Å². The number of hydrogen-bond acceptors (Lipinski definition) is 7. The van der Waals surface area contributed by atoms with E-state index >= 15 is 0 Å². The summed E-state index contributed by atoms with van der Waals surface area (Å²) >= 11 is 1.71. The molecule has 1 unspecified atom stereocenters. The lowest BCUT2D eigenvalue weighted by atomic mass is 9.85. The minimum Gasteiger partial charge on any atom is -0.491 e. The summed E-state index contributed by atoms with van der Waals surface area (Å²) in [5, 5.41) is 3.95. The molecule has 0 spiro atoms. The molecule has 2 fully saturated rings. The van der Waals surface area contributed by atoms with Crippen LogP contribution in [0, 0.1) is 6.92 Å². The quantitative estimate of drug-likeness (QED) is 0.477. The van der Waals surface area contributed by atoms with E-state index in [0.717, 1.165) is 41.4 Å². The van der Waals surface area contributed by atoms with Gasteiger partial charge in [0.2, 0.25) is 0 Å². The van der Waals surface area contributed by atoms with Crippen molar-refractivity contribution in [3.05, 3.63) is 58.6 Å². The van der Waals surface area contributed by atoms with E-state index in [1.807, 2.05) is 32.2 Å². The second kappa shape index (κ2) is 10.2. The molecule has 2 aromatic heterocycles. The van der Waals surface area contributed by atoms with E-state index in [4.69, 9.17) is 9.47 Å². The first kappa shape index (κ1) is 22.9. The number of nitrogens with one attached hydrogen (secondary N) is 1. The minimum absolute atomic E-state index is 0.103. The summed E-state index contributed by atoms with van der Waals surface area (Å²) in [5.74, 6) is 1.10. The van der Waals surface area contributed by atoms with Crippen LogP contribution in [0.3, 0.4) is 0 Å². The van der Waals surface area contributed by atoms with Gasteiger partial charge in [0, 0.05) is 35.0 Å². The van der Waals surface area contributed by atoms with Crippen molar-refractivity contribution in [3.8, 4) is 16.3 Å². The van der Waals surface area contributed by atoms with Gasteiger partial charge in [-0.2, -0.15) is 0 Å². The van der Waals surface area contributed by atoms with Crippen LogP contribution in [0.15, 0.2) is 36.8 Å². The summed E-state index contributed by atoms with van der Waals surface area (Å²) in [6.07, 6.45) is 11.3. The zero-order chi connectivity index (χ0) is 23.5. The van der Waals surface area contributed by atoms with Gasteiger partial charge in [-0.15, -0.1) is 11.3 Å². The van der Waals surface area contributed by atoms with Crippen LogP contribution in [0.5, 0.6) is 5.75 Å². The summed E-state index contributed by atoms with van der Waals surface area (Å²) in [5.41, 5.74) is 2.99. The number of hydrogen-bond donors (Lipinski definition) is 1. The fourth-order valence-corrected chi connectivity index (χ4v) is 5.26. The van der Waals surface area contributed by atoms with Crippen LogP contribution in [-0.2, 0) is 4.74 Å². The Morgan fingerprint density at radius 2 is 2.03 bits per heavy atom. The van der Waals surface area contributed by atoms with Crippen LogP contribution in [0.25, 0.3) is 10.6 Å². The van der Waals surface area contributed by atoms with Gasteiger partial charge in [-0.25, -0.2) is 4.98 Å². The average Bonchev–Trinajstić information content (AvgIpc) is 3.49. The van der Waals surface area contributed by atoms with Gasteiger partial charge in [0.25, 0.3) is 5.91 Å². The van der Waals surface area contributed by atoms with Crippen molar-refractivity contribution < 1.29 is 14.3 Å². The highest BCUT2D eigenvalue weighted by Gasteiger charge is 2.23. The molecule has 1 saturated heterocycles. The number of aromatic nitrogens is 3. The molecule has 1 N–H and O–H groups in total. The number of aryl methyl sites for hydroxylation is 1. The number of nitrogens with zero attached hydrogens (tertiary/aromatic N) is 3. The summed E-state index contributed by atoms with van der Waals surface area (Å²) < 4.78 is 11.8. The predicted molar refractivity (Wildman–Crippen MR) is 131 cm³/mol. The Hall–Kier alpha value is -2.84. The van der Waals surface area contributed by atoms with E-state index in [0.29, 0.717) is 23.8 Å². The Balaban J connectivity index is 1.38. The topological polar surface area (TPSA) is 86.2 Å². The third kappa shape index (κ3) is 5.28. The van der Waals surface area contributed by atoms with Crippen molar-refractivity contribution in [1.29, 1.82) is 0 Å². The lowest BCUT2D eigenvalue weighted by molar-refractivity contribution is 0.0679. The largest absolute Gasteiger partial charge is 0.491 e. The minimum atomic E-state index is -0.273. The van der Waals surface area contributed by atoms with E-state index < -0.39 is 0 Å². The molecule has 1 aliphatic carbocycles. The molecule has 2 aliphatic rings. The van der Waals surface area contributed by atoms with Crippen molar-refractivity contribution >= 4 is 17.2 Å². The highest BCUT2D eigenvalue weighted by atomic mass is 32.1. The third-order valence-electron chi connectivity index (χ3n) is 6.50. The first-order chi connectivity index (χ1) is 16.5. The molecular weight excluding hydrogens is 448 g/mol. The number of carbonyl (C=O) groups is 1. The standard InChI is InChI=1S/C26H30N4O3S/c1-16-12-28-23(13-27-16)17(2)30-25(31)19-9-20(26-29-14-24(34-26)18-5-3-6-18)11-22(10-19)33-15-21-7-4-8-32-21/h9-14,17-18,21H,3-8,15H2,1-2H3,(H,30,31)/t17-,21?/m1/s1. The Morgan fingerprint density at radius 1 is 1.15 bits per heavy atom. The van der Waals surface area contributed by atoms with Crippen molar-refractivity contribution in [2.24, 2.45) is 0 Å². The van der Waals surface area contributed by atoms with Crippen molar-refractivity contribution in [2.45, 2.75) is 64.0 Å². The lowest BCUT2D eigenvalue weighted by Gasteiger charge is -2.23. The van der Waals surface area contributed by atoms with Gasteiger partial charge < -0.3 is 14.8 Å². The summed E-state index contributed by atoms with van der Waals surface area (Å²) in [6, 6.07) is 5.39. The van der Waals surface area contributed by atoms with Crippen LogP contribution in [0.1, 0.15) is 77.6 Å². The number of carbonyl (C=O) groups excluding carboxylic acids is 1. The van der Waals surface area contributed by atoms with E-state index in [2.05, 4.69) is 20.3 Å². The lowest BCUT2D eigenvalue weighted by Crippen LogP contribution is -2.27. The molecule has 8 heteroatoms. The Labute approximate surface area is 204 Å². The molecule has 178 valence electrons. The number of rotatable bonds is 8. The van der Waals surface area contributed by atoms with Crippen LogP contribution in [0.2, 0.25) is 0 Å². The zero-order valence-electron chi connectivity index (χ0n) is 19.6. The summed E-state index contributed by atoms with van der Waals surface area (Å²) in [7, 11) is 0. The molecule has 2 atom stereocenters. The van der Waals surface area contributed by atoms with Crippen LogP contribution in [0.4, 0.5) is 0 Å². The number of thiazole rings is 1. The molecule has 0 radical (unpaired) electrons. The van der Waals surface area contributed by atoms with Crippen LogP contribution in [-0.4, -0.2) is 40.2 Å². The monoisotopic (exact) mass is 478 g/mol. The van der Waals surface area contributed by atoms with E-state index in [-0.39, 0.29) is 18.1 Å². The van der Waals surface area contributed by atoms with Crippen molar-refractivity contribution in [3.63, 3.8) is 0 Å². The molecule has 7 nitrogen and oxygen atoms in total. The van der Waals surface area contributed by atoms with Gasteiger partial charge in [0.1, 0.15) is 17.4 Å². The maximum absolute atomic E-state index is 13.2. The Kier molecular flexibility index (Phi) is 6.87. The highest BCUT2D eigenvalue weighted by Crippen LogP contribution is 2.41. The molecule has 1 aromatic carbocycles. The van der Waals surface area contributed by atoms with E-state index in [9.17, 15) is 4.79 Å². The van der Waals surface area contributed by atoms with E-state index in [1.54, 1.807) is 29.8 Å². The molecule has 3 aromatic rings. The molecule has 1 saturated carbocycles. The molecule has 0 bridgehead atoms. The van der Waals surface area contributed by atoms with Gasteiger partial charge >= 0.3 is 0 Å². The van der Waals surface area contributed by atoms with Crippen LogP contribution < -0.4 is 10.1 Å². The fraction of sp³-hybridized carbons (Fsp3) is 0.462. The predicted octanol–water partition coefficient (Wildman–Crippen LogP) is 5.22. The average molecular weight is 479 g/mol. The normalized spacial score (nSPS) is 18.9. The van der Waals surface area contributed by atoms with Crippen LogP contribution >= 0.6 is 11.3 Å². The molecule has 5 rings (SSSR count). The Bertz CT molecular complexity index is 1140.